The molecule has 3 rings (SSSR count). The number of hydrazine groups is 1. The number of alkyl halides is 3. The van der Waals surface area contributed by atoms with Crippen molar-refractivity contribution < 1.29 is 17.9 Å². The summed E-state index contributed by atoms with van der Waals surface area (Å²) in [7, 11) is 0. The molecule has 2 aromatic carbocycles. The number of pyridine rings is 1. The molecule has 1 atom stereocenters. The van der Waals surface area contributed by atoms with Crippen LogP contribution in [0, 0.1) is 0 Å². The second-order valence-corrected chi connectivity index (χ2v) is 6.45. The van der Waals surface area contributed by atoms with Crippen molar-refractivity contribution in [1.29, 1.82) is 0 Å². The van der Waals surface area contributed by atoms with Crippen LogP contribution in [-0.4, -0.2) is 11.2 Å². The van der Waals surface area contributed by atoms with Gasteiger partial charge in [0.25, 0.3) is 0 Å². The highest BCUT2D eigenvalue weighted by Crippen LogP contribution is 2.41. The van der Waals surface area contributed by atoms with Crippen molar-refractivity contribution in [1.82, 2.24) is 4.98 Å². The molecule has 0 fully saturated rings. The summed E-state index contributed by atoms with van der Waals surface area (Å²) < 4.78 is 46.3. The maximum absolute atomic E-state index is 13.7. The minimum Gasteiger partial charge on any atom is -0.474 e. The molecule has 29 heavy (non-hydrogen) atoms. The molecule has 152 valence electrons. The summed E-state index contributed by atoms with van der Waals surface area (Å²) in [4.78, 5) is 3.87. The highest BCUT2D eigenvalue weighted by atomic mass is 35.5. The van der Waals surface area contributed by atoms with E-state index in [1.165, 1.54) is 30.3 Å². The zero-order valence-electron chi connectivity index (χ0n) is 14.9. The van der Waals surface area contributed by atoms with Crippen LogP contribution in [0.4, 0.5) is 36.2 Å². The van der Waals surface area contributed by atoms with E-state index in [4.69, 9.17) is 27.8 Å². The van der Waals surface area contributed by atoms with E-state index in [-0.39, 0.29) is 28.6 Å². The lowest BCUT2D eigenvalue weighted by atomic mass is 10.1. The van der Waals surface area contributed by atoms with Crippen LogP contribution in [-0.2, 0) is 0 Å². The van der Waals surface area contributed by atoms with Gasteiger partial charge < -0.3 is 21.6 Å². The number of ether oxygens (including phenoxy) is 1. The number of hydrogen-bond donors (Lipinski definition) is 4. The first-order valence-electron chi connectivity index (χ1n) is 8.36. The molecule has 1 unspecified atom stereocenters. The maximum atomic E-state index is 13.7. The van der Waals surface area contributed by atoms with Gasteiger partial charge in [-0.05, 0) is 24.3 Å². The minimum absolute atomic E-state index is 0.0133. The van der Waals surface area contributed by atoms with Gasteiger partial charge in [0, 0.05) is 16.7 Å². The lowest BCUT2D eigenvalue weighted by Gasteiger charge is -2.24. The summed E-state index contributed by atoms with van der Waals surface area (Å²) in [6.45, 7) is 0. The third-order valence-corrected chi connectivity index (χ3v) is 4.10. The molecule has 0 amide bonds. The summed E-state index contributed by atoms with van der Waals surface area (Å²) in [5.41, 5.74) is 17.6. The Labute approximate surface area is 169 Å². The second-order valence-electron chi connectivity index (χ2n) is 6.01. The largest absolute Gasteiger partial charge is 0.474 e. The summed E-state index contributed by atoms with van der Waals surface area (Å²) >= 11 is 5.84. The van der Waals surface area contributed by atoms with E-state index in [0.29, 0.717) is 10.7 Å². The van der Waals surface area contributed by atoms with Crippen molar-refractivity contribution in [3.05, 3.63) is 71.2 Å². The SMILES string of the molecule is Nc1cc(OC(c2ccccc2)C(F)(F)F)c(NNc2ccc(Cl)cc2)c(N)n1. The minimum atomic E-state index is -4.67. The Morgan fingerprint density at radius 1 is 0.966 bits per heavy atom. The first-order chi connectivity index (χ1) is 13.7. The van der Waals surface area contributed by atoms with Gasteiger partial charge in [-0.1, -0.05) is 41.9 Å². The third kappa shape index (κ3) is 5.14. The monoisotopic (exact) mass is 423 g/mol. The average molecular weight is 424 g/mol. The van der Waals surface area contributed by atoms with Crippen molar-refractivity contribution in [3.63, 3.8) is 0 Å². The first kappa shape index (κ1) is 20.4. The van der Waals surface area contributed by atoms with Gasteiger partial charge in [-0.25, -0.2) is 4.98 Å². The number of nitrogens with zero attached hydrogens (tertiary/aromatic N) is 1. The summed E-state index contributed by atoms with van der Waals surface area (Å²) in [5.74, 6) is -0.415. The Hall–Kier alpha value is -3.33. The molecule has 0 bridgehead atoms. The van der Waals surface area contributed by atoms with E-state index in [1.807, 2.05) is 0 Å². The molecule has 0 saturated carbocycles. The van der Waals surface area contributed by atoms with E-state index in [1.54, 1.807) is 30.3 Å². The molecular formula is C19H17ClF3N5O. The second kappa shape index (κ2) is 8.36. The molecule has 6 N–H and O–H groups in total. The highest BCUT2D eigenvalue weighted by molar-refractivity contribution is 6.30. The zero-order chi connectivity index (χ0) is 21.0. The van der Waals surface area contributed by atoms with Gasteiger partial charge in [0.2, 0.25) is 6.10 Å². The van der Waals surface area contributed by atoms with E-state index in [9.17, 15) is 13.2 Å². The molecule has 0 aliphatic carbocycles. The van der Waals surface area contributed by atoms with Crippen LogP contribution >= 0.6 is 11.6 Å². The van der Waals surface area contributed by atoms with Crippen LogP contribution in [0.3, 0.4) is 0 Å². The molecule has 1 heterocycles. The van der Waals surface area contributed by atoms with Gasteiger partial charge in [-0.15, -0.1) is 0 Å². The number of benzene rings is 2. The number of halogens is 4. The number of nitrogens with two attached hydrogens (primary N) is 2. The fourth-order valence-corrected chi connectivity index (χ4v) is 2.65. The molecule has 0 aliphatic heterocycles. The van der Waals surface area contributed by atoms with Gasteiger partial charge in [0.1, 0.15) is 11.5 Å². The van der Waals surface area contributed by atoms with E-state index >= 15 is 0 Å². The number of hydrogen-bond acceptors (Lipinski definition) is 6. The molecular weight excluding hydrogens is 407 g/mol. The normalized spacial score (nSPS) is 12.3. The average Bonchev–Trinajstić information content (AvgIpc) is 2.66. The van der Waals surface area contributed by atoms with Crippen LogP contribution in [0.15, 0.2) is 60.7 Å². The van der Waals surface area contributed by atoms with E-state index in [0.717, 1.165) is 0 Å². The Balaban J connectivity index is 1.92. The molecule has 0 saturated heterocycles. The highest BCUT2D eigenvalue weighted by Gasteiger charge is 2.43. The van der Waals surface area contributed by atoms with E-state index in [2.05, 4.69) is 15.8 Å². The number of nitrogen functional groups attached to an aromatic ring is 2. The molecule has 10 heteroatoms. The molecule has 0 aliphatic rings. The fourth-order valence-electron chi connectivity index (χ4n) is 2.53. The van der Waals surface area contributed by atoms with Crippen molar-refractivity contribution in [3.8, 4) is 5.75 Å². The number of rotatable bonds is 6. The molecule has 1 aromatic heterocycles. The molecule has 0 radical (unpaired) electrons. The molecule has 6 nitrogen and oxygen atoms in total. The smallest absolute Gasteiger partial charge is 0.429 e. The summed E-state index contributed by atoms with van der Waals surface area (Å²) in [5, 5.41) is 0.532. The third-order valence-electron chi connectivity index (χ3n) is 3.85. The number of nitrogens with one attached hydrogen (secondary N) is 2. The van der Waals surface area contributed by atoms with Crippen LogP contribution in [0.25, 0.3) is 0 Å². The predicted octanol–water partition coefficient (Wildman–Crippen LogP) is 5.02. The fraction of sp³-hybridized carbons (Fsp3) is 0.105. The van der Waals surface area contributed by atoms with Crippen molar-refractivity contribution in [2.45, 2.75) is 12.3 Å². The van der Waals surface area contributed by atoms with Crippen LogP contribution in [0.1, 0.15) is 11.7 Å². The Morgan fingerprint density at radius 3 is 2.24 bits per heavy atom. The standard InChI is InChI=1S/C19H17ClF3N5O/c20-12-6-8-13(9-7-12)27-28-16-14(10-15(24)26-18(16)25)29-17(19(21,22)23)11-4-2-1-3-5-11/h1-10,17,27-28H,(H4,24,25,26). The first-order valence-corrected chi connectivity index (χ1v) is 8.74. The topological polar surface area (TPSA) is 98.2 Å². The van der Waals surface area contributed by atoms with Gasteiger partial charge >= 0.3 is 6.18 Å². The Kier molecular flexibility index (Phi) is 5.88. The van der Waals surface area contributed by atoms with Crippen molar-refractivity contribution in [2.75, 3.05) is 22.3 Å². The van der Waals surface area contributed by atoms with Gasteiger partial charge in [0.15, 0.2) is 11.6 Å². The molecule has 0 spiro atoms. The zero-order valence-corrected chi connectivity index (χ0v) is 15.6. The molecule has 3 aromatic rings. The van der Waals surface area contributed by atoms with Gasteiger partial charge in [0.05, 0.1) is 5.69 Å². The lowest BCUT2D eigenvalue weighted by molar-refractivity contribution is -0.197. The maximum Gasteiger partial charge on any atom is 0.429 e. The van der Waals surface area contributed by atoms with Crippen LogP contribution < -0.4 is 27.1 Å². The van der Waals surface area contributed by atoms with Crippen LogP contribution in [0.2, 0.25) is 5.02 Å². The quantitative estimate of drug-likeness (QED) is 0.415. The van der Waals surface area contributed by atoms with Crippen LogP contribution in [0.5, 0.6) is 5.75 Å². The Bertz CT molecular complexity index is 968. The van der Waals surface area contributed by atoms with Crippen molar-refractivity contribution in [2.24, 2.45) is 0 Å². The lowest BCUT2D eigenvalue weighted by Crippen LogP contribution is -2.27. The van der Waals surface area contributed by atoms with Gasteiger partial charge in [-0.2, -0.15) is 13.2 Å². The summed E-state index contributed by atoms with van der Waals surface area (Å²) in [6, 6.07) is 15.0. The Morgan fingerprint density at radius 2 is 1.62 bits per heavy atom. The predicted molar refractivity (Wildman–Crippen MR) is 108 cm³/mol. The number of aromatic nitrogens is 1. The summed E-state index contributed by atoms with van der Waals surface area (Å²) in [6.07, 6.45) is -6.89. The number of anilines is 4. The van der Waals surface area contributed by atoms with E-state index < -0.39 is 12.3 Å². The van der Waals surface area contributed by atoms with Gasteiger partial charge in [-0.3, -0.25) is 5.43 Å². The van der Waals surface area contributed by atoms with Crippen molar-refractivity contribution >= 4 is 34.6 Å².